The Bertz CT molecular complexity index is 1630. The van der Waals surface area contributed by atoms with Crippen LogP contribution in [-0.2, 0) is 11.2 Å². The fraction of sp³-hybridized carbons (Fsp3) is 0.500. The Morgan fingerprint density at radius 1 is 1.08 bits per heavy atom. The molecule has 1 aromatic heterocycles. The Kier molecular flexibility index (Phi) is 10.6. The van der Waals surface area contributed by atoms with Crippen molar-refractivity contribution in [3.8, 4) is 5.75 Å². The fourth-order valence-corrected chi connectivity index (χ4v) is 8.18. The number of hydrogen-bond donors (Lipinski definition) is 3. The van der Waals surface area contributed by atoms with E-state index in [9.17, 15) is 19.8 Å². The van der Waals surface area contributed by atoms with Gasteiger partial charge in [-0.2, -0.15) is 0 Å². The van der Waals surface area contributed by atoms with Gasteiger partial charge in [-0.1, -0.05) is 30.7 Å². The largest absolute Gasteiger partial charge is 0.497 e. The lowest BCUT2D eigenvalue weighted by Crippen LogP contribution is -2.55. The van der Waals surface area contributed by atoms with E-state index in [-0.39, 0.29) is 36.1 Å². The fourth-order valence-electron chi connectivity index (χ4n) is 8.18. The molecule has 2 aromatic carbocycles. The predicted molar refractivity (Wildman–Crippen MR) is 188 cm³/mol. The molecule has 49 heavy (non-hydrogen) atoms. The van der Waals surface area contributed by atoms with Crippen LogP contribution in [0.1, 0.15) is 98.4 Å². The second kappa shape index (κ2) is 14.9. The molecular weight excluding hydrogens is 620 g/mol. The number of nitrogens with zero attached hydrogens (tertiary/aromatic N) is 1. The smallest absolute Gasteiger partial charge is 0.322 e. The number of allylic oxidation sites excluding steroid dienone is 2. The molecule has 0 radical (unpaired) electrons. The minimum Gasteiger partial charge on any atom is -0.497 e. The quantitative estimate of drug-likeness (QED) is 0.170. The molecule has 2 fully saturated rings. The minimum atomic E-state index is -1.26. The van der Waals surface area contributed by atoms with Crippen LogP contribution >= 0.6 is 0 Å². The summed E-state index contributed by atoms with van der Waals surface area (Å²) < 4.78 is 16.8. The SMILES string of the molecule is COc1ccc(NC(=O)N(CC2CCCO2)CC2(O)CCC3c4ccc(cc4C(=O)c4ccco4)CC(O)CCC(C)=CCCC32C)cc1. The number of anilines is 1. The van der Waals surface area contributed by atoms with Gasteiger partial charge in [-0.05, 0) is 124 Å². The molecule has 7 rings (SSSR count). The molecule has 2 heterocycles. The number of amides is 2. The molecule has 0 spiro atoms. The van der Waals surface area contributed by atoms with Gasteiger partial charge in [0, 0.05) is 29.8 Å². The van der Waals surface area contributed by atoms with E-state index in [2.05, 4.69) is 25.2 Å². The van der Waals surface area contributed by atoms with E-state index in [1.807, 2.05) is 18.2 Å². The summed E-state index contributed by atoms with van der Waals surface area (Å²) in [6.45, 7) is 5.37. The molecule has 9 heteroatoms. The lowest BCUT2D eigenvalue weighted by Gasteiger charge is -2.46. The van der Waals surface area contributed by atoms with E-state index in [1.54, 1.807) is 48.4 Å². The van der Waals surface area contributed by atoms with Crippen molar-refractivity contribution in [2.75, 3.05) is 32.1 Å². The van der Waals surface area contributed by atoms with Gasteiger partial charge in [-0.3, -0.25) is 4.79 Å². The van der Waals surface area contributed by atoms with Crippen LogP contribution in [0.15, 0.2) is 76.9 Å². The molecule has 9 nitrogen and oxygen atoms in total. The molecule has 3 aliphatic carbocycles. The van der Waals surface area contributed by atoms with Crippen molar-refractivity contribution in [1.29, 1.82) is 0 Å². The number of aliphatic hydroxyl groups excluding tert-OH is 1. The number of hydrogen-bond acceptors (Lipinski definition) is 7. The molecule has 5 unspecified atom stereocenters. The van der Waals surface area contributed by atoms with Crippen molar-refractivity contribution in [2.24, 2.45) is 5.41 Å². The first-order valence-electron chi connectivity index (χ1n) is 17.7. The number of ether oxygens (including phenoxy) is 2. The average Bonchev–Trinajstić information content (AvgIpc) is 3.86. The molecule has 3 aromatic rings. The Morgan fingerprint density at radius 3 is 2.61 bits per heavy atom. The van der Waals surface area contributed by atoms with Crippen molar-refractivity contribution < 1.29 is 33.7 Å². The van der Waals surface area contributed by atoms with E-state index in [0.29, 0.717) is 62.3 Å². The number of benzene rings is 2. The molecule has 1 saturated heterocycles. The molecule has 3 N–H and O–H groups in total. The number of nitrogens with one attached hydrogen (secondary N) is 1. The topological polar surface area (TPSA) is 121 Å². The van der Waals surface area contributed by atoms with Gasteiger partial charge >= 0.3 is 6.03 Å². The molecule has 5 atom stereocenters. The highest BCUT2D eigenvalue weighted by atomic mass is 16.5. The summed E-state index contributed by atoms with van der Waals surface area (Å²) in [5.41, 5.74) is 2.18. The van der Waals surface area contributed by atoms with Crippen LogP contribution in [0, 0.1) is 5.41 Å². The van der Waals surface area contributed by atoms with Gasteiger partial charge < -0.3 is 34.3 Å². The highest BCUT2D eigenvalue weighted by molar-refractivity contribution is 6.08. The number of carbonyl (C=O) groups is 2. The van der Waals surface area contributed by atoms with E-state index in [0.717, 1.165) is 36.8 Å². The first-order chi connectivity index (χ1) is 23.6. The summed E-state index contributed by atoms with van der Waals surface area (Å²) in [5.74, 6) is 0.569. The molecule has 2 bridgehead atoms. The van der Waals surface area contributed by atoms with Gasteiger partial charge in [-0.15, -0.1) is 0 Å². The van der Waals surface area contributed by atoms with Crippen LogP contribution in [-0.4, -0.2) is 71.5 Å². The number of ketones is 1. The maximum absolute atomic E-state index is 14.0. The summed E-state index contributed by atoms with van der Waals surface area (Å²) in [4.78, 5) is 29.7. The van der Waals surface area contributed by atoms with Crippen LogP contribution in [0.5, 0.6) is 5.75 Å². The standard InChI is InChI=1S/C40H50N2O7/c1-27-7-4-19-39(2)35(33-17-11-28(23-30(43)14-10-27)24-34(33)37(44)36-9-6-22-49-36)18-20-40(39,46)26-42(25-32-8-5-21-48-32)38(45)41-29-12-15-31(47-3)16-13-29/h6-7,9,11-13,15-17,22,24,30,32,35,43,46H,4-5,8,10,14,18-21,23,25-26H2,1-3H3,(H,41,45). The number of methoxy groups -OCH3 is 1. The number of urea groups is 1. The lowest BCUT2D eigenvalue weighted by atomic mass is 9.64. The average molecular weight is 671 g/mol. The van der Waals surface area contributed by atoms with Gasteiger partial charge in [-0.25, -0.2) is 4.79 Å². The van der Waals surface area contributed by atoms with Gasteiger partial charge in [0.15, 0.2) is 5.76 Å². The van der Waals surface area contributed by atoms with Crippen molar-refractivity contribution >= 4 is 17.5 Å². The van der Waals surface area contributed by atoms with Crippen LogP contribution in [0.2, 0.25) is 0 Å². The second-order valence-corrected chi connectivity index (χ2v) is 14.4. The third-order valence-corrected chi connectivity index (χ3v) is 11.2. The van der Waals surface area contributed by atoms with Crippen molar-refractivity contribution in [3.63, 3.8) is 0 Å². The monoisotopic (exact) mass is 670 g/mol. The van der Waals surface area contributed by atoms with Crippen molar-refractivity contribution in [2.45, 2.75) is 95.4 Å². The molecule has 1 aliphatic heterocycles. The van der Waals surface area contributed by atoms with E-state index in [1.165, 1.54) is 11.8 Å². The van der Waals surface area contributed by atoms with Gasteiger partial charge in [0.2, 0.25) is 5.78 Å². The third-order valence-electron chi connectivity index (χ3n) is 11.2. The molecule has 262 valence electrons. The van der Waals surface area contributed by atoms with Crippen LogP contribution in [0.25, 0.3) is 0 Å². The first kappa shape index (κ1) is 34.9. The maximum Gasteiger partial charge on any atom is 0.322 e. The molecule has 4 aliphatic rings. The second-order valence-electron chi connectivity index (χ2n) is 14.4. The predicted octanol–water partition coefficient (Wildman–Crippen LogP) is 7.27. The summed E-state index contributed by atoms with van der Waals surface area (Å²) in [6.07, 6.45) is 9.19. The number of aliphatic hydroxyl groups is 2. The molecule has 1 saturated carbocycles. The highest BCUT2D eigenvalue weighted by Gasteiger charge is 2.58. The number of furan rings is 1. The number of rotatable bonds is 8. The Morgan fingerprint density at radius 2 is 1.90 bits per heavy atom. The van der Waals surface area contributed by atoms with Gasteiger partial charge in [0.25, 0.3) is 0 Å². The van der Waals surface area contributed by atoms with Crippen molar-refractivity contribution in [3.05, 3.63) is 95.0 Å². The molecule has 2 amide bonds. The third kappa shape index (κ3) is 7.64. The summed E-state index contributed by atoms with van der Waals surface area (Å²) in [6, 6.07) is 16.2. The van der Waals surface area contributed by atoms with Crippen LogP contribution < -0.4 is 10.1 Å². The van der Waals surface area contributed by atoms with E-state index in [4.69, 9.17) is 13.9 Å². The Hall–Kier alpha value is -3.92. The van der Waals surface area contributed by atoms with E-state index < -0.39 is 17.1 Å². The summed E-state index contributed by atoms with van der Waals surface area (Å²) >= 11 is 0. The zero-order valence-corrected chi connectivity index (χ0v) is 29.0. The Labute approximate surface area is 289 Å². The zero-order valence-electron chi connectivity index (χ0n) is 29.0. The summed E-state index contributed by atoms with van der Waals surface area (Å²) in [5, 5.41) is 26.8. The minimum absolute atomic E-state index is 0.106. The lowest BCUT2D eigenvalue weighted by molar-refractivity contribution is -0.0799. The Balaban J connectivity index is 1.37. The number of carbonyl (C=O) groups excluding carboxylic acids is 2. The highest BCUT2D eigenvalue weighted by Crippen LogP contribution is 2.59. The van der Waals surface area contributed by atoms with Crippen LogP contribution in [0.4, 0.5) is 10.5 Å². The van der Waals surface area contributed by atoms with Gasteiger partial charge in [0.1, 0.15) is 5.75 Å². The van der Waals surface area contributed by atoms with E-state index >= 15 is 0 Å². The first-order valence-corrected chi connectivity index (χ1v) is 17.7. The summed E-state index contributed by atoms with van der Waals surface area (Å²) in [7, 11) is 1.60. The normalized spacial score (nSPS) is 27.2. The van der Waals surface area contributed by atoms with Crippen molar-refractivity contribution in [1.82, 2.24) is 4.90 Å². The van der Waals surface area contributed by atoms with Gasteiger partial charge in [0.05, 0.1) is 37.7 Å². The number of fused-ring (bicyclic) bond motifs is 8. The maximum atomic E-state index is 14.0. The van der Waals surface area contributed by atoms with Crippen LogP contribution in [0.3, 0.4) is 0 Å². The molecular formula is C40H50N2O7. The zero-order chi connectivity index (χ0) is 34.6.